The standard InChI is InChI=1S/C25H30FN3O7/c26-20-5-1-18(2-6-20)15-23(30)27-21-7-3-19(4-8-21)16-36-25(33)28-22(24(31)32)17-35-14-11-29-9-12-34-13-10-29/h1-8,22H,9-17H2,(H,27,30)(H,28,33)(H,31,32). The molecule has 3 N–H and O–H groups in total. The molecular weight excluding hydrogens is 473 g/mol. The summed E-state index contributed by atoms with van der Waals surface area (Å²) in [7, 11) is 0. The predicted octanol–water partition coefficient (Wildman–Crippen LogP) is 2.04. The number of carboxylic acid groups (broad SMARTS) is 1. The van der Waals surface area contributed by atoms with Crippen LogP contribution in [0.15, 0.2) is 48.5 Å². The maximum atomic E-state index is 13.0. The molecule has 1 unspecified atom stereocenters. The number of amides is 2. The minimum atomic E-state index is -1.24. The van der Waals surface area contributed by atoms with E-state index in [0.717, 1.165) is 13.1 Å². The number of carbonyl (C=O) groups excluding carboxylic acids is 2. The Bertz CT molecular complexity index is 996. The van der Waals surface area contributed by atoms with Crippen molar-refractivity contribution < 1.29 is 38.1 Å². The number of morpholine rings is 1. The van der Waals surface area contributed by atoms with E-state index < -0.39 is 18.1 Å². The number of alkyl carbamates (subject to hydrolysis) is 1. The molecule has 1 heterocycles. The number of carbonyl (C=O) groups is 3. The second-order valence-electron chi connectivity index (χ2n) is 8.19. The number of hydrogen-bond donors (Lipinski definition) is 3. The quantitative estimate of drug-likeness (QED) is 0.376. The number of carboxylic acids is 1. The van der Waals surface area contributed by atoms with E-state index in [1.165, 1.54) is 12.1 Å². The van der Waals surface area contributed by atoms with Crippen molar-refractivity contribution in [2.75, 3.05) is 51.4 Å². The number of halogens is 1. The third kappa shape index (κ3) is 9.61. The monoisotopic (exact) mass is 503 g/mol. The van der Waals surface area contributed by atoms with Crippen molar-refractivity contribution in [3.05, 3.63) is 65.5 Å². The van der Waals surface area contributed by atoms with Crippen molar-refractivity contribution in [2.24, 2.45) is 0 Å². The van der Waals surface area contributed by atoms with E-state index in [9.17, 15) is 23.9 Å². The average molecular weight is 504 g/mol. The number of benzene rings is 2. The van der Waals surface area contributed by atoms with Crippen LogP contribution in [0.2, 0.25) is 0 Å². The highest BCUT2D eigenvalue weighted by molar-refractivity contribution is 5.92. The Labute approximate surface area is 208 Å². The maximum absolute atomic E-state index is 13.0. The Morgan fingerprint density at radius 2 is 1.69 bits per heavy atom. The first-order chi connectivity index (χ1) is 17.4. The first kappa shape index (κ1) is 27.1. The lowest BCUT2D eigenvalue weighted by molar-refractivity contribution is -0.141. The smallest absolute Gasteiger partial charge is 0.408 e. The normalized spacial score (nSPS) is 14.6. The van der Waals surface area contributed by atoms with Gasteiger partial charge in [-0.1, -0.05) is 24.3 Å². The SMILES string of the molecule is O=C(Cc1ccc(F)cc1)Nc1ccc(COC(=O)NC(COCCN2CCOCC2)C(=O)O)cc1. The van der Waals surface area contributed by atoms with Gasteiger partial charge in [0, 0.05) is 25.3 Å². The van der Waals surface area contributed by atoms with Gasteiger partial charge in [0.1, 0.15) is 12.4 Å². The fraction of sp³-hybridized carbons (Fsp3) is 0.400. The van der Waals surface area contributed by atoms with E-state index in [-0.39, 0.29) is 31.4 Å². The molecule has 0 spiro atoms. The molecule has 2 aromatic rings. The van der Waals surface area contributed by atoms with Gasteiger partial charge >= 0.3 is 12.1 Å². The highest BCUT2D eigenvalue weighted by Crippen LogP contribution is 2.12. The summed E-state index contributed by atoms with van der Waals surface area (Å²) in [6, 6.07) is 11.1. The van der Waals surface area contributed by atoms with Crippen LogP contribution in [-0.4, -0.2) is 80.1 Å². The van der Waals surface area contributed by atoms with Crippen molar-refractivity contribution in [1.82, 2.24) is 10.2 Å². The highest BCUT2D eigenvalue weighted by Gasteiger charge is 2.21. The summed E-state index contributed by atoms with van der Waals surface area (Å²) in [5.74, 6) is -1.84. The second-order valence-corrected chi connectivity index (χ2v) is 8.19. The molecule has 36 heavy (non-hydrogen) atoms. The summed E-state index contributed by atoms with van der Waals surface area (Å²) in [5.41, 5.74) is 1.89. The summed E-state index contributed by atoms with van der Waals surface area (Å²) in [6.07, 6.45) is -0.775. The zero-order valence-corrected chi connectivity index (χ0v) is 19.8. The summed E-state index contributed by atoms with van der Waals surface area (Å²) >= 11 is 0. The molecule has 10 nitrogen and oxygen atoms in total. The second kappa shape index (κ2) is 14.1. The number of ether oxygens (including phenoxy) is 3. The third-order valence-corrected chi connectivity index (χ3v) is 5.42. The molecule has 1 aliphatic heterocycles. The topological polar surface area (TPSA) is 126 Å². The first-order valence-corrected chi connectivity index (χ1v) is 11.6. The van der Waals surface area contributed by atoms with Gasteiger partial charge in [0.05, 0.1) is 32.8 Å². The van der Waals surface area contributed by atoms with Crippen LogP contribution in [0.4, 0.5) is 14.9 Å². The molecule has 1 saturated heterocycles. The Balaban J connectivity index is 1.36. The lowest BCUT2D eigenvalue weighted by atomic mass is 10.1. The average Bonchev–Trinajstić information content (AvgIpc) is 2.87. The minimum absolute atomic E-state index is 0.0835. The van der Waals surface area contributed by atoms with Crippen LogP contribution in [0, 0.1) is 5.82 Å². The Hall–Kier alpha value is -3.54. The summed E-state index contributed by atoms with van der Waals surface area (Å²) in [5, 5.41) is 14.4. The number of nitrogens with one attached hydrogen (secondary N) is 2. The molecule has 0 saturated carbocycles. The lowest BCUT2D eigenvalue weighted by Crippen LogP contribution is -2.45. The molecule has 1 fully saturated rings. The summed E-state index contributed by atoms with van der Waals surface area (Å²) < 4.78 is 28.8. The zero-order chi connectivity index (χ0) is 25.8. The van der Waals surface area contributed by atoms with Crippen LogP contribution in [0.3, 0.4) is 0 Å². The first-order valence-electron chi connectivity index (χ1n) is 11.6. The van der Waals surface area contributed by atoms with Crippen LogP contribution in [0.5, 0.6) is 0 Å². The molecule has 2 aromatic carbocycles. The molecule has 11 heteroatoms. The summed E-state index contributed by atoms with van der Waals surface area (Å²) in [6.45, 7) is 3.68. The minimum Gasteiger partial charge on any atom is -0.480 e. The van der Waals surface area contributed by atoms with Crippen molar-refractivity contribution in [1.29, 1.82) is 0 Å². The number of rotatable bonds is 12. The molecule has 0 radical (unpaired) electrons. The van der Waals surface area contributed by atoms with Crippen molar-refractivity contribution in [2.45, 2.75) is 19.1 Å². The predicted molar refractivity (Wildman–Crippen MR) is 128 cm³/mol. The zero-order valence-electron chi connectivity index (χ0n) is 19.8. The Morgan fingerprint density at radius 3 is 2.36 bits per heavy atom. The van der Waals surface area contributed by atoms with Gasteiger partial charge in [0.25, 0.3) is 0 Å². The fourth-order valence-corrected chi connectivity index (χ4v) is 3.40. The molecule has 194 valence electrons. The Kier molecular flexibility index (Phi) is 10.6. The van der Waals surface area contributed by atoms with Crippen molar-refractivity contribution in [3.63, 3.8) is 0 Å². The number of nitrogens with zero attached hydrogens (tertiary/aromatic N) is 1. The van der Waals surface area contributed by atoms with Crippen LogP contribution in [-0.2, 0) is 36.8 Å². The largest absolute Gasteiger partial charge is 0.480 e. The van der Waals surface area contributed by atoms with Gasteiger partial charge in [-0.05, 0) is 35.4 Å². The van der Waals surface area contributed by atoms with E-state index in [4.69, 9.17) is 14.2 Å². The number of anilines is 1. The van der Waals surface area contributed by atoms with Gasteiger partial charge in [-0.15, -0.1) is 0 Å². The molecule has 0 aliphatic carbocycles. The molecule has 1 aliphatic rings. The van der Waals surface area contributed by atoms with Gasteiger partial charge < -0.3 is 30.0 Å². The van der Waals surface area contributed by atoms with Gasteiger partial charge in [-0.25, -0.2) is 14.0 Å². The molecule has 0 aromatic heterocycles. The highest BCUT2D eigenvalue weighted by atomic mass is 19.1. The van der Waals surface area contributed by atoms with Gasteiger partial charge in [-0.2, -0.15) is 0 Å². The molecule has 0 bridgehead atoms. The van der Waals surface area contributed by atoms with Gasteiger partial charge in [-0.3, -0.25) is 9.69 Å². The van der Waals surface area contributed by atoms with Crippen LogP contribution in [0.1, 0.15) is 11.1 Å². The van der Waals surface area contributed by atoms with E-state index >= 15 is 0 Å². The van der Waals surface area contributed by atoms with Crippen LogP contribution >= 0.6 is 0 Å². The van der Waals surface area contributed by atoms with Crippen molar-refractivity contribution in [3.8, 4) is 0 Å². The van der Waals surface area contributed by atoms with E-state index in [0.29, 0.717) is 43.2 Å². The molecular formula is C25H30FN3O7. The number of hydrogen-bond acceptors (Lipinski definition) is 7. The van der Waals surface area contributed by atoms with Crippen LogP contribution < -0.4 is 10.6 Å². The Morgan fingerprint density at radius 1 is 1.03 bits per heavy atom. The van der Waals surface area contributed by atoms with E-state index in [1.54, 1.807) is 36.4 Å². The summed E-state index contributed by atoms with van der Waals surface area (Å²) in [4.78, 5) is 37.8. The van der Waals surface area contributed by atoms with Crippen LogP contribution in [0.25, 0.3) is 0 Å². The van der Waals surface area contributed by atoms with Gasteiger partial charge in [0.15, 0.2) is 6.04 Å². The lowest BCUT2D eigenvalue weighted by Gasteiger charge is -2.26. The van der Waals surface area contributed by atoms with Gasteiger partial charge in [0.2, 0.25) is 5.91 Å². The van der Waals surface area contributed by atoms with Crippen molar-refractivity contribution >= 4 is 23.7 Å². The van der Waals surface area contributed by atoms with E-state index in [1.807, 2.05) is 0 Å². The molecule has 3 rings (SSSR count). The maximum Gasteiger partial charge on any atom is 0.408 e. The van der Waals surface area contributed by atoms with E-state index in [2.05, 4.69) is 15.5 Å². The molecule has 1 atom stereocenters. The number of aliphatic carboxylic acids is 1. The third-order valence-electron chi connectivity index (χ3n) is 5.42. The molecule has 2 amide bonds. The fourth-order valence-electron chi connectivity index (χ4n) is 3.40.